The topological polar surface area (TPSA) is 110 Å². The van der Waals surface area contributed by atoms with Gasteiger partial charge in [-0.1, -0.05) is 62.3 Å². The first-order chi connectivity index (χ1) is 18.2. The molecule has 9 heteroatoms. The van der Waals surface area contributed by atoms with E-state index in [1.165, 1.54) is 5.56 Å². The average molecular weight is 520 g/mol. The third kappa shape index (κ3) is 7.05. The molecule has 1 saturated heterocycles. The molecule has 0 saturated carbocycles. The van der Waals surface area contributed by atoms with Crippen molar-refractivity contribution in [3.8, 4) is 11.4 Å². The van der Waals surface area contributed by atoms with Gasteiger partial charge in [-0.25, -0.2) is 0 Å². The van der Waals surface area contributed by atoms with Crippen LogP contribution in [-0.4, -0.2) is 60.2 Å². The van der Waals surface area contributed by atoms with Gasteiger partial charge in [0.2, 0.25) is 17.6 Å². The van der Waals surface area contributed by atoms with Gasteiger partial charge in [-0.05, 0) is 49.0 Å². The molecule has 202 valence electrons. The lowest BCUT2D eigenvalue weighted by Gasteiger charge is -2.30. The van der Waals surface area contributed by atoms with Gasteiger partial charge in [0.05, 0.1) is 24.4 Å². The van der Waals surface area contributed by atoms with Crippen LogP contribution in [0.4, 0.5) is 5.69 Å². The number of anilines is 1. The van der Waals surface area contributed by atoms with Crippen molar-refractivity contribution in [2.24, 2.45) is 5.92 Å². The minimum atomic E-state index is -0.239. The van der Waals surface area contributed by atoms with Crippen molar-refractivity contribution in [3.63, 3.8) is 0 Å². The Morgan fingerprint density at radius 2 is 1.79 bits per heavy atom. The van der Waals surface area contributed by atoms with Crippen LogP contribution in [0.3, 0.4) is 0 Å². The molecule has 2 N–H and O–H groups in total. The highest BCUT2D eigenvalue weighted by atomic mass is 16.5. The number of para-hydroxylation sites is 1. The lowest BCUT2D eigenvalue weighted by molar-refractivity contribution is -0.121. The number of methoxy groups -OCH3 is 1. The number of hydrogen-bond acceptors (Lipinski definition) is 7. The van der Waals surface area contributed by atoms with Crippen LogP contribution >= 0.6 is 0 Å². The number of piperidine rings is 1. The lowest BCUT2D eigenvalue weighted by atomic mass is 9.87. The van der Waals surface area contributed by atoms with E-state index < -0.39 is 0 Å². The molecule has 0 radical (unpaired) electrons. The van der Waals surface area contributed by atoms with E-state index in [9.17, 15) is 9.59 Å². The summed E-state index contributed by atoms with van der Waals surface area (Å²) < 4.78 is 10.5. The Morgan fingerprint density at radius 1 is 1.08 bits per heavy atom. The fraction of sp³-hybridized carbons (Fsp3) is 0.448. The number of likely N-dealkylation sites (tertiary alicyclic amines) is 1. The van der Waals surface area contributed by atoms with E-state index in [1.54, 1.807) is 25.3 Å². The molecule has 2 amide bonds. The zero-order valence-electron chi connectivity index (χ0n) is 22.6. The van der Waals surface area contributed by atoms with Crippen LogP contribution in [-0.2, 0) is 21.5 Å². The number of carbonyl (C=O) groups excluding carboxylic acids is 2. The Bertz CT molecular complexity index is 1220. The van der Waals surface area contributed by atoms with Crippen LogP contribution in [0, 0.1) is 5.92 Å². The molecule has 0 atom stereocenters. The van der Waals surface area contributed by atoms with Crippen molar-refractivity contribution >= 4 is 17.5 Å². The van der Waals surface area contributed by atoms with Crippen LogP contribution in [0.2, 0.25) is 0 Å². The fourth-order valence-electron chi connectivity index (χ4n) is 4.49. The molecule has 3 aromatic rings. The number of amides is 2. The molecule has 1 aromatic heterocycles. The first-order valence-electron chi connectivity index (χ1n) is 13.1. The van der Waals surface area contributed by atoms with Crippen molar-refractivity contribution < 1.29 is 18.8 Å². The SMILES string of the molecule is COCCNC(=O)c1ccccc1NC(=O)C1CCN(Cc2nc(-c3ccc(C(C)(C)C)cc3)no2)CC1. The van der Waals surface area contributed by atoms with Crippen molar-refractivity contribution in [1.29, 1.82) is 0 Å². The molecule has 2 aromatic carbocycles. The molecular formula is C29H37N5O4. The summed E-state index contributed by atoms with van der Waals surface area (Å²) in [6.07, 6.45) is 1.42. The van der Waals surface area contributed by atoms with Gasteiger partial charge >= 0.3 is 0 Å². The van der Waals surface area contributed by atoms with Crippen molar-refractivity contribution in [2.45, 2.75) is 45.6 Å². The standard InChI is InChI=1S/C29H37N5O4/c1-29(2,3)22-11-9-20(10-12-22)26-32-25(38-33-26)19-34-16-13-21(14-17-34)27(35)31-24-8-6-5-7-23(24)28(36)30-15-18-37-4/h5-12,21H,13-19H2,1-4H3,(H,30,36)(H,31,35). The number of aromatic nitrogens is 2. The Balaban J connectivity index is 1.28. The molecule has 9 nitrogen and oxygen atoms in total. The van der Waals surface area contributed by atoms with E-state index in [-0.39, 0.29) is 23.1 Å². The maximum atomic E-state index is 13.0. The lowest BCUT2D eigenvalue weighted by Crippen LogP contribution is -2.38. The summed E-state index contributed by atoms with van der Waals surface area (Å²) in [6.45, 7) is 9.42. The molecular weight excluding hydrogens is 482 g/mol. The zero-order chi connectivity index (χ0) is 27.1. The molecule has 2 heterocycles. The maximum Gasteiger partial charge on any atom is 0.253 e. The third-order valence-electron chi connectivity index (χ3n) is 6.82. The average Bonchev–Trinajstić information content (AvgIpc) is 3.37. The smallest absolute Gasteiger partial charge is 0.253 e. The van der Waals surface area contributed by atoms with Crippen LogP contribution in [0.5, 0.6) is 0 Å². The predicted octanol–water partition coefficient (Wildman–Crippen LogP) is 4.26. The summed E-state index contributed by atoms with van der Waals surface area (Å²) in [6, 6.07) is 15.3. The highest BCUT2D eigenvalue weighted by molar-refractivity contribution is 6.04. The summed E-state index contributed by atoms with van der Waals surface area (Å²) in [4.78, 5) is 32.3. The summed E-state index contributed by atoms with van der Waals surface area (Å²) >= 11 is 0. The molecule has 1 aliphatic heterocycles. The fourth-order valence-corrected chi connectivity index (χ4v) is 4.49. The number of carbonyl (C=O) groups is 2. The van der Waals surface area contributed by atoms with Gasteiger partial charge in [0, 0.05) is 25.1 Å². The van der Waals surface area contributed by atoms with E-state index in [0.717, 1.165) is 18.7 Å². The monoisotopic (exact) mass is 519 g/mol. The molecule has 38 heavy (non-hydrogen) atoms. The number of benzene rings is 2. The van der Waals surface area contributed by atoms with E-state index >= 15 is 0 Å². The van der Waals surface area contributed by atoms with Gasteiger partial charge < -0.3 is 19.9 Å². The van der Waals surface area contributed by atoms with Crippen molar-refractivity contribution in [1.82, 2.24) is 20.4 Å². The number of nitrogens with one attached hydrogen (secondary N) is 2. The Morgan fingerprint density at radius 3 is 2.47 bits per heavy atom. The summed E-state index contributed by atoms with van der Waals surface area (Å²) in [5.74, 6) is 0.712. The first kappa shape index (κ1) is 27.5. The predicted molar refractivity (Wildman–Crippen MR) is 146 cm³/mol. The van der Waals surface area contributed by atoms with Gasteiger partial charge in [0.25, 0.3) is 5.91 Å². The number of hydrogen-bond donors (Lipinski definition) is 2. The normalized spacial score (nSPS) is 14.8. The minimum Gasteiger partial charge on any atom is -0.383 e. The van der Waals surface area contributed by atoms with E-state index in [2.05, 4.69) is 58.6 Å². The molecule has 4 rings (SSSR count). The largest absolute Gasteiger partial charge is 0.383 e. The van der Waals surface area contributed by atoms with Gasteiger partial charge in [0.15, 0.2) is 0 Å². The molecule has 0 bridgehead atoms. The van der Waals surface area contributed by atoms with Gasteiger partial charge in [-0.2, -0.15) is 4.98 Å². The van der Waals surface area contributed by atoms with E-state index in [4.69, 9.17) is 9.26 Å². The number of ether oxygens (including phenoxy) is 1. The summed E-state index contributed by atoms with van der Waals surface area (Å²) in [5.41, 5.74) is 3.23. The second kappa shape index (κ2) is 12.3. The second-order valence-corrected chi connectivity index (χ2v) is 10.7. The summed E-state index contributed by atoms with van der Waals surface area (Å²) in [5, 5.41) is 9.92. The van der Waals surface area contributed by atoms with Crippen LogP contribution in [0.15, 0.2) is 53.1 Å². The van der Waals surface area contributed by atoms with Gasteiger partial charge in [-0.3, -0.25) is 14.5 Å². The quantitative estimate of drug-likeness (QED) is 0.407. The molecule has 1 aliphatic rings. The highest BCUT2D eigenvalue weighted by Gasteiger charge is 2.27. The molecule has 1 fully saturated rings. The molecule has 0 spiro atoms. The van der Waals surface area contributed by atoms with E-state index in [1.807, 2.05) is 18.2 Å². The van der Waals surface area contributed by atoms with Gasteiger partial charge in [-0.15, -0.1) is 0 Å². The molecule has 0 unspecified atom stereocenters. The zero-order valence-corrected chi connectivity index (χ0v) is 22.6. The van der Waals surface area contributed by atoms with Crippen LogP contribution < -0.4 is 10.6 Å². The Hall–Kier alpha value is -3.56. The van der Waals surface area contributed by atoms with Crippen molar-refractivity contribution in [2.75, 3.05) is 38.7 Å². The molecule has 0 aliphatic carbocycles. The summed E-state index contributed by atoms with van der Waals surface area (Å²) in [7, 11) is 1.58. The Kier molecular flexibility index (Phi) is 8.91. The second-order valence-electron chi connectivity index (χ2n) is 10.7. The Labute approximate surface area is 223 Å². The highest BCUT2D eigenvalue weighted by Crippen LogP contribution is 2.26. The van der Waals surface area contributed by atoms with Crippen LogP contribution in [0.1, 0.15) is 55.4 Å². The van der Waals surface area contributed by atoms with Gasteiger partial charge in [0.1, 0.15) is 0 Å². The van der Waals surface area contributed by atoms with E-state index in [0.29, 0.717) is 55.5 Å². The number of nitrogens with zero attached hydrogens (tertiary/aromatic N) is 3. The third-order valence-corrected chi connectivity index (χ3v) is 6.82. The minimum absolute atomic E-state index is 0.0689. The first-order valence-corrected chi connectivity index (χ1v) is 13.1. The number of rotatable bonds is 9. The van der Waals surface area contributed by atoms with Crippen molar-refractivity contribution in [3.05, 3.63) is 65.5 Å². The van der Waals surface area contributed by atoms with Crippen LogP contribution in [0.25, 0.3) is 11.4 Å². The maximum absolute atomic E-state index is 13.0.